The maximum Gasteiger partial charge on any atom is 0.229 e. The van der Waals surface area contributed by atoms with Crippen molar-refractivity contribution in [3.05, 3.63) is 35.5 Å². The molecule has 2 heterocycles. The predicted octanol–water partition coefficient (Wildman–Crippen LogP) is 3.15. The van der Waals surface area contributed by atoms with Crippen LogP contribution in [-0.4, -0.2) is 35.0 Å². The lowest BCUT2D eigenvalue weighted by molar-refractivity contribution is -0.119. The summed E-state index contributed by atoms with van der Waals surface area (Å²) >= 11 is 0. The summed E-state index contributed by atoms with van der Waals surface area (Å²) in [6, 6.07) is 9.45. The maximum atomic E-state index is 11.4. The Kier molecular flexibility index (Phi) is 8.25. The fourth-order valence-corrected chi connectivity index (χ4v) is 3.42. The van der Waals surface area contributed by atoms with Crippen molar-refractivity contribution in [1.82, 2.24) is 15.3 Å². The Bertz CT molecular complexity index is 928. The van der Waals surface area contributed by atoms with Gasteiger partial charge in [0, 0.05) is 49.2 Å². The number of nitrogens with zero attached hydrogens (tertiary/aromatic N) is 4. The highest BCUT2D eigenvalue weighted by atomic mass is 35.5. The maximum absolute atomic E-state index is 11.4. The van der Waals surface area contributed by atoms with Gasteiger partial charge >= 0.3 is 0 Å². The molecule has 0 aliphatic carbocycles. The lowest BCUT2D eigenvalue weighted by atomic mass is 10.2. The molecule has 2 aromatic rings. The summed E-state index contributed by atoms with van der Waals surface area (Å²) < 4.78 is 0. The van der Waals surface area contributed by atoms with Crippen LogP contribution < -0.4 is 21.3 Å². The standard InChI is InChI=1S/C21H27N7O.ClH/c1-3-4-5-16-11-20(28-9-8-18(13-28)24-14(2)29)27-21(25-16)26-17-6-7-19(23)15(10-17)12-22;/h6-7,10-11,18H,3-5,8-9,13,23H2,1-2H3,(H,24,29)(H,25,26,27);1H/t18-;/m0./s1. The number of hydrogen-bond acceptors (Lipinski definition) is 7. The number of halogens is 1. The number of nitrogen functional groups attached to an aromatic ring is 1. The third-order valence-corrected chi connectivity index (χ3v) is 4.90. The van der Waals surface area contributed by atoms with Gasteiger partial charge in [-0.15, -0.1) is 12.4 Å². The van der Waals surface area contributed by atoms with Crippen molar-refractivity contribution >= 4 is 41.5 Å². The summed E-state index contributed by atoms with van der Waals surface area (Å²) in [7, 11) is 0. The number of carbonyl (C=O) groups is 1. The van der Waals surface area contributed by atoms with Crippen LogP contribution in [0.15, 0.2) is 24.3 Å². The Morgan fingerprint density at radius 3 is 2.87 bits per heavy atom. The molecular weight excluding hydrogens is 402 g/mol. The number of benzene rings is 1. The Morgan fingerprint density at radius 2 is 2.17 bits per heavy atom. The second-order valence-electron chi connectivity index (χ2n) is 7.32. The molecule has 1 saturated heterocycles. The van der Waals surface area contributed by atoms with Crippen molar-refractivity contribution in [2.75, 3.05) is 29.0 Å². The average molecular weight is 430 g/mol. The molecule has 1 aliphatic heterocycles. The first-order valence-electron chi connectivity index (χ1n) is 9.95. The van der Waals surface area contributed by atoms with E-state index in [-0.39, 0.29) is 24.4 Å². The largest absolute Gasteiger partial charge is 0.398 e. The van der Waals surface area contributed by atoms with Crippen LogP contribution in [0.1, 0.15) is 44.4 Å². The van der Waals surface area contributed by atoms with Gasteiger partial charge in [-0.05, 0) is 37.5 Å². The first-order chi connectivity index (χ1) is 14.0. The van der Waals surface area contributed by atoms with Crippen LogP contribution in [0.3, 0.4) is 0 Å². The van der Waals surface area contributed by atoms with Crippen molar-refractivity contribution in [2.45, 2.75) is 45.6 Å². The molecule has 1 amide bonds. The molecule has 0 bridgehead atoms. The Morgan fingerprint density at radius 1 is 1.37 bits per heavy atom. The van der Waals surface area contributed by atoms with E-state index in [0.717, 1.165) is 50.3 Å². The van der Waals surface area contributed by atoms with Gasteiger partial charge in [0.2, 0.25) is 11.9 Å². The number of nitrogens with two attached hydrogens (primary N) is 1. The van der Waals surface area contributed by atoms with Crippen molar-refractivity contribution in [2.24, 2.45) is 0 Å². The number of amides is 1. The molecular formula is C21H28ClN7O. The average Bonchev–Trinajstić information content (AvgIpc) is 3.15. The third kappa shape index (κ3) is 5.97. The lowest BCUT2D eigenvalue weighted by Crippen LogP contribution is -2.35. The number of unbranched alkanes of at least 4 members (excludes halogenated alkanes) is 1. The van der Waals surface area contributed by atoms with Gasteiger partial charge in [0.05, 0.1) is 5.56 Å². The summed E-state index contributed by atoms with van der Waals surface area (Å²) in [5, 5.41) is 15.4. The van der Waals surface area contributed by atoms with E-state index in [0.29, 0.717) is 22.9 Å². The first kappa shape index (κ1) is 23.2. The smallest absolute Gasteiger partial charge is 0.229 e. The summed E-state index contributed by atoms with van der Waals surface area (Å²) in [5.41, 5.74) is 8.35. The van der Waals surface area contributed by atoms with Crippen molar-refractivity contribution in [3.8, 4) is 6.07 Å². The van der Waals surface area contributed by atoms with Crippen molar-refractivity contribution < 1.29 is 4.79 Å². The van der Waals surface area contributed by atoms with Crippen molar-refractivity contribution in [3.63, 3.8) is 0 Å². The number of rotatable bonds is 7. The van der Waals surface area contributed by atoms with Crippen molar-refractivity contribution in [1.29, 1.82) is 5.26 Å². The normalized spacial score (nSPS) is 15.2. The zero-order valence-corrected chi connectivity index (χ0v) is 18.1. The minimum Gasteiger partial charge on any atom is -0.398 e. The summed E-state index contributed by atoms with van der Waals surface area (Å²) in [4.78, 5) is 22.9. The molecule has 160 valence electrons. The van der Waals surface area contributed by atoms with Gasteiger partial charge in [-0.3, -0.25) is 4.79 Å². The molecule has 0 radical (unpaired) electrons. The number of aryl methyl sites for hydroxylation is 1. The fraction of sp³-hybridized carbons (Fsp3) is 0.429. The first-order valence-corrected chi connectivity index (χ1v) is 9.95. The van der Waals surface area contributed by atoms with Gasteiger partial charge < -0.3 is 21.3 Å². The number of nitriles is 1. The SMILES string of the molecule is CCCCc1cc(N2CC[C@H](NC(C)=O)C2)nc(Nc2ccc(N)c(C#N)c2)n1.Cl. The molecule has 9 heteroatoms. The van der Waals surface area contributed by atoms with Crippen LogP contribution >= 0.6 is 12.4 Å². The van der Waals surface area contributed by atoms with Crippen LogP contribution in [0.2, 0.25) is 0 Å². The van der Waals surface area contributed by atoms with E-state index in [9.17, 15) is 10.1 Å². The zero-order valence-electron chi connectivity index (χ0n) is 17.3. The minimum absolute atomic E-state index is 0. The van der Waals surface area contributed by atoms with Crippen LogP contribution in [0, 0.1) is 11.3 Å². The highest BCUT2D eigenvalue weighted by Crippen LogP contribution is 2.24. The molecule has 4 N–H and O–H groups in total. The summed E-state index contributed by atoms with van der Waals surface area (Å²) in [6.45, 7) is 5.25. The number of hydrogen-bond donors (Lipinski definition) is 3. The monoisotopic (exact) mass is 429 g/mol. The topological polar surface area (TPSA) is 120 Å². The van der Waals surface area contributed by atoms with Gasteiger partial charge in [0.25, 0.3) is 0 Å². The molecule has 0 spiro atoms. The Hall–Kier alpha value is -3.05. The van der Waals surface area contributed by atoms with E-state index in [2.05, 4.69) is 38.5 Å². The second kappa shape index (κ2) is 10.6. The van der Waals surface area contributed by atoms with Gasteiger partial charge in [0.15, 0.2) is 0 Å². The second-order valence-corrected chi connectivity index (χ2v) is 7.32. The predicted molar refractivity (Wildman–Crippen MR) is 121 cm³/mol. The van der Waals surface area contributed by atoms with E-state index in [1.807, 2.05) is 6.07 Å². The van der Waals surface area contributed by atoms with E-state index in [1.54, 1.807) is 25.1 Å². The highest BCUT2D eigenvalue weighted by molar-refractivity contribution is 5.85. The fourth-order valence-electron chi connectivity index (χ4n) is 3.42. The molecule has 8 nitrogen and oxygen atoms in total. The van der Waals surface area contributed by atoms with Crippen LogP contribution in [0.4, 0.5) is 23.1 Å². The van der Waals surface area contributed by atoms with Gasteiger partial charge in [0.1, 0.15) is 11.9 Å². The van der Waals surface area contributed by atoms with Crippen LogP contribution in [0.5, 0.6) is 0 Å². The Balaban J connectivity index is 0.00000320. The molecule has 1 fully saturated rings. The molecule has 3 rings (SSSR count). The zero-order chi connectivity index (χ0) is 20.8. The number of anilines is 4. The highest BCUT2D eigenvalue weighted by Gasteiger charge is 2.24. The summed E-state index contributed by atoms with van der Waals surface area (Å²) in [6.07, 6.45) is 3.89. The van der Waals surface area contributed by atoms with E-state index < -0.39 is 0 Å². The molecule has 1 aromatic carbocycles. The third-order valence-electron chi connectivity index (χ3n) is 4.90. The van der Waals surface area contributed by atoms with Crippen LogP contribution in [-0.2, 0) is 11.2 Å². The number of aromatic nitrogens is 2. The summed E-state index contributed by atoms with van der Waals surface area (Å²) in [5.74, 6) is 1.32. The van der Waals surface area contributed by atoms with Gasteiger partial charge in [-0.2, -0.15) is 10.2 Å². The molecule has 0 saturated carbocycles. The number of carbonyl (C=O) groups excluding carboxylic acids is 1. The van der Waals surface area contributed by atoms with E-state index >= 15 is 0 Å². The molecule has 1 atom stereocenters. The van der Waals surface area contributed by atoms with Gasteiger partial charge in [-0.1, -0.05) is 13.3 Å². The van der Waals surface area contributed by atoms with Gasteiger partial charge in [-0.25, -0.2) is 4.98 Å². The van der Waals surface area contributed by atoms with E-state index in [4.69, 9.17) is 5.73 Å². The lowest BCUT2D eigenvalue weighted by Gasteiger charge is -2.19. The number of nitrogens with one attached hydrogen (secondary N) is 2. The van der Waals surface area contributed by atoms with Crippen LogP contribution in [0.25, 0.3) is 0 Å². The van der Waals surface area contributed by atoms with E-state index in [1.165, 1.54) is 0 Å². The molecule has 0 unspecified atom stereocenters. The molecule has 1 aromatic heterocycles. The minimum atomic E-state index is -0.0119. The molecule has 1 aliphatic rings. The Labute approximate surface area is 183 Å². The quantitative estimate of drug-likeness (QED) is 0.578. The molecule has 30 heavy (non-hydrogen) atoms.